The fourth-order valence-electron chi connectivity index (χ4n) is 2.10. The van der Waals surface area contributed by atoms with E-state index in [1.807, 2.05) is 0 Å². The van der Waals surface area contributed by atoms with Gasteiger partial charge >= 0.3 is 5.97 Å². The summed E-state index contributed by atoms with van der Waals surface area (Å²) in [6, 6.07) is 0. The first-order valence-electron chi connectivity index (χ1n) is 5.96. The summed E-state index contributed by atoms with van der Waals surface area (Å²) in [5.41, 5.74) is -1.16. The first-order chi connectivity index (χ1) is 7.42. The number of carboxylic acids is 1. The lowest BCUT2D eigenvalue weighted by molar-refractivity contribution is -0.146. The SMILES string of the molecule is CC(C)(NC(=O)CCC1CCCC1)C(=O)O. The Morgan fingerprint density at radius 3 is 2.38 bits per heavy atom. The van der Waals surface area contributed by atoms with Gasteiger partial charge in [0.25, 0.3) is 0 Å². The van der Waals surface area contributed by atoms with Crippen molar-refractivity contribution in [3.8, 4) is 0 Å². The number of carbonyl (C=O) groups is 2. The van der Waals surface area contributed by atoms with Gasteiger partial charge in [-0.1, -0.05) is 25.7 Å². The van der Waals surface area contributed by atoms with Crippen LogP contribution in [-0.2, 0) is 9.59 Å². The zero-order valence-corrected chi connectivity index (χ0v) is 10.1. The molecule has 1 rings (SSSR count). The maximum atomic E-state index is 11.5. The number of carbonyl (C=O) groups excluding carboxylic acids is 1. The molecule has 1 amide bonds. The largest absolute Gasteiger partial charge is 0.480 e. The van der Waals surface area contributed by atoms with Crippen LogP contribution in [0.2, 0.25) is 0 Å². The Morgan fingerprint density at radius 2 is 1.88 bits per heavy atom. The van der Waals surface area contributed by atoms with E-state index in [4.69, 9.17) is 5.11 Å². The summed E-state index contributed by atoms with van der Waals surface area (Å²) in [7, 11) is 0. The first-order valence-corrected chi connectivity index (χ1v) is 5.96. The summed E-state index contributed by atoms with van der Waals surface area (Å²) in [6.07, 6.45) is 6.31. The second-order valence-corrected chi connectivity index (χ2v) is 5.17. The summed E-state index contributed by atoms with van der Waals surface area (Å²) in [5, 5.41) is 11.4. The van der Waals surface area contributed by atoms with Crippen molar-refractivity contribution in [3.05, 3.63) is 0 Å². The van der Waals surface area contributed by atoms with E-state index in [1.165, 1.54) is 39.5 Å². The van der Waals surface area contributed by atoms with Gasteiger partial charge in [0.2, 0.25) is 5.91 Å². The average Bonchev–Trinajstić information content (AvgIpc) is 2.66. The molecule has 0 atom stereocenters. The zero-order valence-electron chi connectivity index (χ0n) is 10.1. The van der Waals surface area contributed by atoms with Gasteiger partial charge in [-0.25, -0.2) is 4.79 Å². The van der Waals surface area contributed by atoms with Crippen molar-refractivity contribution in [2.75, 3.05) is 0 Å². The Hall–Kier alpha value is -1.06. The minimum atomic E-state index is -1.16. The van der Waals surface area contributed by atoms with Crippen molar-refractivity contribution in [1.82, 2.24) is 5.32 Å². The molecule has 0 aliphatic heterocycles. The molecule has 1 fully saturated rings. The van der Waals surface area contributed by atoms with Gasteiger partial charge in [-0.3, -0.25) is 4.79 Å². The Kier molecular flexibility index (Phi) is 4.33. The van der Waals surface area contributed by atoms with Crippen LogP contribution in [0.4, 0.5) is 0 Å². The molecule has 4 nitrogen and oxygen atoms in total. The van der Waals surface area contributed by atoms with Gasteiger partial charge in [-0.2, -0.15) is 0 Å². The molecule has 0 bridgehead atoms. The van der Waals surface area contributed by atoms with Gasteiger partial charge in [0.1, 0.15) is 5.54 Å². The number of nitrogens with one attached hydrogen (secondary N) is 1. The topological polar surface area (TPSA) is 66.4 Å². The first kappa shape index (κ1) is 13.0. The molecule has 92 valence electrons. The fraction of sp³-hybridized carbons (Fsp3) is 0.833. The molecule has 1 aliphatic rings. The van der Waals surface area contributed by atoms with E-state index in [0.717, 1.165) is 6.42 Å². The minimum Gasteiger partial charge on any atom is -0.480 e. The summed E-state index contributed by atoms with van der Waals surface area (Å²) >= 11 is 0. The van der Waals surface area contributed by atoms with E-state index in [0.29, 0.717) is 12.3 Å². The Bertz CT molecular complexity index is 267. The number of carboxylic acid groups (broad SMARTS) is 1. The van der Waals surface area contributed by atoms with Crippen LogP contribution in [0.25, 0.3) is 0 Å². The fourth-order valence-corrected chi connectivity index (χ4v) is 2.10. The van der Waals surface area contributed by atoms with E-state index in [1.54, 1.807) is 0 Å². The molecular weight excluding hydrogens is 206 g/mol. The van der Waals surface area contributed by atoms with Crippen LogP contribution in [0.3, 0.4) is 0 Å². The lowest BCUT2D eigenvalue weighted by atomic mass is 10.0. The van der Waals surface area contributed by atoms with E-state index in [-0.39, 0.29) is 5.91 Å². The molecular formula is C12H21NO3. The Labute approximate surface area is 96.4 Å². The van der Waals surface area contributed by atoms with Crippen molar-refractivity contribution >= 4 is 11.9 Å². The number of amides is 1. The highest BCUT2D eigenvalue weighted by molar-refractivity contribution is 5.86. The molecule has 0 radical (unpaired) electrons. The predicted octanol–water partition coefficient (Wildman–Crippen LogP) is 1.94. The van der Waals surface area contributed by atoms with E-state index in [2.05, 4.69) is 5.32 Å². The third-order valence-electron chi connectivity index (χ3n) is 3.24. The standard InChI is InChI=1S/C12H21NO3/c1-12(2,11(15)16)13-10(14)8-7-9-5-3-4-6-9/h9H,3-8H2,1-2H3,(H,13,14)(H,15,16). The van der Waals surface area contributed by atoms with Gasteiger partial charge in [0.05, 0.1) is 0 Å². The van der Waals surface area contributed by atoms with Crippen molar-refractivity contribution in [2.24, 2.45) is 5.92 Å². The molecule has 4 heteroatoms. The van der Waals surface area contributed by atoms with Crippen molar-refractivity contribution in [2.45, 2.75) is 57.9 Å². The molecule has 0 saturated heterocycles. The monoisotopic (exact) mass is 227 g/mol. The predicted molar refractivity (Wildman–Crippen MR) is 61.0 cm³/mol. The lowest BCUT2D eigenvalue weighted by Crippen LogP contribution is -2.49. The van der Waals surface area contributed by atoms with Crippen molar-refractivity contribution in [1.29, 1.82) is 0 Å². The molecule has 0 aromatic heterocycles. The maximum Gasteiger partial charge on any atom is 0.328 e. The summed E-state index contributed by atoms with van der Waals surface area (Å²) in [6.45, 7) is 3.01. The summed E-state index contributed by atoms with van der Waals surface area (Å²) in [4.78, 5) is 22.3. The van der Waals surface area contributed by atoms with Gasteiger partial charge in [-0.15, -0.1) is 0 Å². The highest BCUT2D eigenvalue weighted by Crippen LogP contribution is 2.28. The zero-order chi connectivity index (χ0) is 12.2. The Balaban J connectivity index is 2.27. The smallest absolute Gasteiger partial charge is 0.328 e. The quantitative estimate of drug-likeness (QED) is 0.754. The number of hydrogen-bond donors (Lipinski definition) is 2. The van der Waals surface area contributed by atoms with Gasteiger partial charge in [-0.05, 0) is 26.2 Å². The Morgan fingerprint density at radius 1 is 1.31 bits per heavy atom. The molecule has 0 heterocycles. The normalized spacial score (nSPS) is 17.4. The third-order valence-corrected chi connectivity index (χ3v) is 3.24. The molecule has 16 heavy (non-hydrogen) atoms. The van der Waals surface area contributed by atoms with Crippen LogP contribution >= 0.6 is 0 Å². The molecule has 1 aliphatic carbocycles. The molecule has 2 N–H and O–H groups in total. The number of aliphatic carboxylic acids is 1. The van der Waals surface area contributed by atoms with Crippen molar-refractivity contribution in [3.63, 3.8) is 0 Å². The van der Waals surface area contributed by atoms with Crippen LogP contribution in [-0.4, -0.2) is 22.5 Å². The molecule has 0 aromatic rings. The van der Waals surface area contributed by atoms with E-state index >= 15 is 0 Å². The van der Waals surface area contributed by atoms with Crippen LogP contribution in [0.5, 0.6) is 0 Å². The number of rotatable bonds is 5. The molecule has 1 saturated carbocycles. The highest BCUT2D eigenvalue weighted by Gasteiger charge is 2.29. The van der Waals surface area contributed by atoms with Crippen LogP contribution in [0.1, 0.15) is 52.4 Å². The molecule has 0 unspecified atom stereocenters. The third kappa shape index (κ3) is 3.83. The highest BCUT2D eigenvalue weighted by atomic mass is 16.4. The number of hydrogen-bond acceptors (Lipinski definition) is 2. The van der Waals surface area contributed by atoms with Gasteiger partial charge in [0, 0.05) is 6.42 Å². The minimum absolute atomic E-state index is 0.153. The lowest BCUT2D eigenvalue weighted by Gasteiger charge is -2.21. The maximum absolute atomic E-state index is 11.5. The van der Waals surface area contributed by atoms with Gasteiger partial charge in [0.15, 0.2) is 0 Å². The molecule has 0 aromatic carbocycles. The van der Waals surface area contributed by atoms with Crippen LogP contribution < -0.4 is 5.32 Å². The molecule has 0 spiro atoms. The van der Waals surface area contributed by atoms with Crippen molar-refractivity contribution < 1.29 is 14.7 Å². The van der Waals surface area contributed by atoms with Gasteiger partial charge < -0.3 is 10.4 Å². The average molecular weight is 227 g/mol. The second kappa shape index (κ2) is 5.32. The van der Waals surface area contributed by atoms with Crippen LogP contribution in [0.15, 0.2) is 0 Å². The second-order valence-electron chi connectivity index (χ2n) is 5.17. The van der Waals surface area contributed by atoms with E-state index < -0.39 is 11.5 Å². The van der Waals surface area contributed by atoms with Crippen LogP contribution in [0, 0.1) is 5.92 Å². The van der Waals surface area contributed by atoms with E-state index in [9.17, 15) is 9.59 Å². The summed E-state index contributed by atoms with van der Waals surface area (Å²) in [5.74, 6) is -0.486. The summed E-state index contributed by atoms with van der Waals surface area (Å²) < 4.78 is 0.